The van der Waals surface area contributed by atoms with E-state index in [4.69, 9.17) is 9.90 Å². The summed E-state index contributed by atoms with van der Waals surface area (Å²) in [7, 11) is -3.34. The molecular formula is C20H28F3N3O6S. The average Bonchev–Trinajstić information content (AvgIpc) is 2.72. The Morgan fingerprint density at radius 3 is 2.06 bits per heavy atom. The number of piperidine rings is 1. The van der Waals surface area contributed by atoms with Gasteiger partial charge in [-0.15, -0.1) is 0 Å². The summed E-state index contributed by atoms with van der Waals surface area (Å²) in [6.07, 6.45) is -0.650. The predicted octanol–water partition coefficient (Wildman–Crippen LogP) is 2.46. The summed E-state index contributed by atoms with van der Waals surface area (Å²) in [6, 6.07) is 6.36. The zero-order valence-electron chi connectivity index (χ0n) is 18.3. The molecule has 0 spiro atoms. The Morgan fingerprint density at radius 1 is 1.12 bits per heavy atom. The molecule has 2 amide bonds. The van der Waals surface area contributed by atoms with E-state index in [1.165, 1.54) is 0 Å². The fraction of sp³-hybridized carbons (Fsp3) is 0.550. The third-order valence-electron chi connectivity index (χ3n) is 4.66. The molecule has 0 aliphatic carbocycles. The number of sulfonamides is 1. The van der Waals surface area contributed by atoms with E-state index in [0.29, 0.717) is 43.7 Å². The number of carbonyl (C=O) groups excluding carboxylic acids is 2. The lowest BCUT2D eigenvalue weighted by Gasteiger charge is -2.31. The van der Waals surface area contributed by atoms with Crippen molar-refractivity contribution in [3.8, 4) is 0 Å². The molecule has 1 fully saturated rings. The summed E-state index contributed by atoms with van der Waals surface area (Å²) in [5, 5.41) is 10.1. The van der Waals surface area contributed by atoms with Crippen molar-refractivity contribution in [1.82, 2.24) is 10.2 Å². The number of halogens is 3. The number of alkyl halides is 3. The van der Waals surface area contributed by atoms with Crippen molar-refractivity contribution >= 4 is 33.5 Å². The molecule has 2 rings (SSSR count). The average molecular weight is 496 g/mol. The van der Waals surface area contributed by atoms with Crippen LogP contribution < -0.4 is 10.0 Å². The van der Waals surface area contributed by atoms with Crippen molar-refractivity contribution in [2.24, 2.45) is 5.92 Å². The van der Waals surface area contributed by atoms with Gasteiger partial charge < -0.3 is 15.3 Å². The number of carboxylic acids is 1. The van der Waals surface area contributed by atoms with Gasteiger partial charge in [0.05, 0.1) is 6.26 Å². The third-order valence-corrected chi connectivity index (χ3v) is 5.27. The number of hydrogen-bond acceptors (Lipinski definition) is 5. The lowest BCUT2D eigenvalue weighted by molar-refractivity contribution is -0.192. The zero-order chi connectivity index (χ0) is 25.2. The van der Waals surface area contributed by atoms with E-state index in [-0.39, 0.29) is 17.7 Å². The summed E-state index contributed by atoms with van der Waals surface area (Å²) in [5.74, 6) is -2.80. The summed E-state index contributed by atoms with van der Waals surface area (Å²) >= 11 is 0. The molecule has 1 aliphatic rings. The SMILES string of the molecule is CCCCNC(=O)C1CCN(C(=O)c2ccc(NS(C)(=O)=O)cc2)CC1.O=C(O)C(F)(F)F. The van der Waals surface area contributed by atoms with E-state index in [2.05, 4.69) is 17.0 Å². The second-order valence-corrected chi connectivity index (χ2v) is 9.21. The fourth-order valence-corrected chi connectivity index (χ4v) is 3.52. The number of unbranched alkanes of at least 4 members (excludes halogenated alkanes) is 1. The van der Waals surface area contributed by atoms with Crippen LogP contribution in [0.1, 0.15) is 43.0 Å². The van der Waals surface area contributed by atoms with Gasteiger partial charge in [-0.05, 0) is 43.5 Å². The summed E-state index contributed by atoms with van der Waals surface area (Å²) in [4.78, 5) is 35.3. The summed E-state index contributed by atoms with van der Waals surface area (Å²) in [6.45, 7) is 3.89. The normalized spacial score (nSPS) is 14.6. The van der Waals surface area contributed by atoms with Crippen LogP contribution in [0.15, 0.2) is 24.3 Å². The first-order valence-electron chi connectivity index (χ1n) is 10.2. The molecule has 0 aromatic heterocycles. The number of amides is 2. The van der Waals surface area contributed by atoms with Gasteiger partial charge in [-0.1, -0.05) is 13.3 Å². The van der Waals surface area contributed by atoms with E-state index in [1.807, 2.05) is 0 Å². The first-order chi connectivity index (χ1) is 15.2. The van der Waals surface area contributed by atoms with Crippen LogP contribution in [0, 0.1) is 5.92 Å². The van der Waals surface area contributed by atoms with Gasteiger partial charge in [0.15, 0.2) is 0 Å². The zero-order valence-corrected chi connectivity index (χ0v) is 19.1. The Balaban J connectivity index is 0.000000675. The molecule has 1 heterocycles. The number of carboxylic acid groups (broad SMARTS) is 1. The Hall–Kier alpha value is -2.83. The van der Waals surface area contributed by atoms with Gasteiger partial charge in [-0.3, -0.25) is 14.3 Å². The molecule has 0 unspecified atom stereocenters. The van der Waals surface area contributed by atoms with Gasteiger partial charge in [0.25, 0.3) is 5.91 Å². The van der Waals surface area contributed by atoms with Crippen LogP contribution in [0.25, 0.3) is 0 Å². The Bertz CT molecular complexity index is 912. The molecule has 1 saturated heterocycles. The molecule has 1 aliphatic heterocycles. The van der Waals surface area contributed by atoms with Crippen LogP contribution in [0.4, 0.5) is 18.9 Å². The largest absolute Gasteiger partial charge is 0.490 e. The number of aliphatic carboxylic acids is 1. The van der Waals surface area contributed by atoms with Crippen LogP contribution >= 0.6 is 0 Å². The highest BCUT2D eigenvalue weighted by Crippen LogP contribution is 2.20. The lowest BCUT2D eigenvalue weighted by Crippen LogP contribution is -2.43. The van der Waals surface area contributed by atoms with Crippen molar-refractivity contribution in [1.29, 1.82) is 0 Å². The van der Waals surface area contributed by atoms with Crippen LogP contribution in [-0.4, -0.2) is 68.3 Å². The molecule has 0 radical (unpaired) electrons. The van der Waals surface area contributed by atoms with Crippen molar-refractivity contribution in [2.45, 2.75) is 38.8 Å². The smallest absolute Gasteiger partial charge is 0.475 e. The van der Waals surface area contributed by atoms with Crippen LogP contribution in [-0.2, 0) is 19.6 Å². The molecule has 0 saturated carbocycles. The summed E-state index contributed by atoms with van der Waals surface area (Å²) in [5.41, 5.74) is 0.932. The maximum Gasteiger partial charge on any atom is 0.490 e. The lowest BCUT2D eigenvalue weighted by atomic mass is 9.95. The highest BCUT2D eigenvalue weighted by atomic mass is 32.2. The van der Waals surface area contributed by atoms with Crippen LogP contribution in [0.5, 0.6) is 0 Å². The topological polar surface area (TPSA) is 133 Å². The molecule has 186 valence electrons. The van der Waals surface area contributed by atoms with E-state index in [0.717, 1.165) is 19.1 Å². The number of likely N-dealkylation sites (tertiary alicyclic amines) is 1. The second-order valence-electron chi connectivity index (χ2n) is 7.47. The van der Waals surface area contributed by atoms with Gasteiger partial charge in [0.1, 0.15) is 0 Å². The molecule has 13 heteroatoms. The Kier molecular flexibility index (Phi) is 10.6. The van der Waals surface area contributed by atoms with E-state index < -0.39 is 22.2 Å². The Morgan fingerprint density at radius 2 is 1.64 bits per heavy atom. The highest BCUT2D eigenvalue weighted by Gasteiger charge is 2.38. The minimum absolute atomic E-state index is 0.0303. The van der Waals surface area contributed by atoms with Gasteiger partial charge >= 0.3 is 12.1 Å². The molecule has 1 aromatic carbocycles. The highest BCUT2D eigenvalue weighted by molar-refractivity contribution is 7.92. The predicted molar refractivity (Wildman–Crippen MR) is 115 cm³/mol. The van der Waals surface area contributed by atoms with Crippen molar-refractivity contribution < 1.29 is 41.1 Å². The number of anilines is 1. The molecule has 3 N–H and O–H groups in total. The van der Waals surface area contributed by atoms with Crippen molar-refractivity contribution in [2.75, 3.05) is 30.6 Å². The minimum atomic E-state index is -5.08. The van der Waals surface area contributed by atoms with Crippen molar-refractivity contribution in [3.63, 3.8) is 0 Å². The molecule has 0 atom stereocenters. The first kappa shape index (κ1) is 28.2. The fourth-order valence-electron chi connectivity index (χ4n) is 2.95. The third kappa shape index (κ3) is 10.6. The number of hydrogen-bond donors (Lipinski definition) is 3. The standard InChI is InChI=1S/C18H27N3O4S.C2HF3O2/c1-3-4-11-19-17(22)14-9-12-21(13-10-14)18(23)15-5-7-16(8-6-15)20-26(2,24)25;3-2(4,5)1(6)7/h5-8,14,20H,3-4,9-13H2,1-2H3,(H,19,22);(H,6,7). The van der Waals surface area contributed by atoms with Gasteiger partial charge in [-0.25, -0.2) is 13.2 Å². The molecule has 33 heavy (non-hydrogen) atoms. The first-order valence-corrected chi connectivity index (χ1v) is 12.1. The molecule has 1 aromatic rings. The number of nitrogens with one attached hydrogen (secondary N) is 2. The number of rotatable bonds is 7. The molecular weight excluding hydrogens is 467 g/mol. The van der Waals surface area contributed by atoms with Crippen molar-refractivity contribution in [3.05, 3.63) is 29.8 Å². The van der Waals surface area contributed by atoms with Gasteiger partial charge in [0, 0.05) is 36.8 Å². The maximum atomic E-state index is 12.6. The summed E-state index contributed by atoms with van der Waals surface area (Å²) < 4.78 is 56.5. The quantitative estimate of drug-likeness (QED) is 0.498. The van der Waals surface area contributed by atoms with E-state index in [9.17, 15) is 31.2 Å². The minimum Gasteiger partial charge on any atom is -0.475 e. The van der Waals surface area contributed by atoms with Gasteiger partial charge in [-0.2, -0.15) is 13.2 Å². The molecule has 9 nitrogen and oxygen atoms in total. The van der Waals surface area contributed by atoms with E-state index >= 15 is 0 Å². The number of carbonyl (C=O) groups is 3. The number of nitrogens with zero attached hydrogens (tertiary/aromatic N) is 1. The van der Waals surface area contributed by atoms with Gasteiger partial charge in [0.2, 0.25) is 15.9 Å². The van der Waals surface area contributed by atoms with Crippen LogP contribution in [0.2, 0.25) is 0 Å². The monoisotopic (exact) mass is 495 g/mol. The van der Waals surface area contributed by atoms with Crippen LogP contribution in [0.3, 0.4) is 0 Å². The second kappa shape index (κ2) is 12.4. The molecule has 0 bridgehead atoms. The number of benzene rings is 1. The maximum absolute atomic E-state index is 12.6. The van der Waals surface area contributed by atoms with E-state index in [1.54, 1.807) is 29.2 Å². The Labute approximate surface area is 190 Å².